The van der Waals surface area contributed by atoms with Crippen LogP contribution >= 0.6 is 0 Å². The molecule has 1 rings (SSSR count). The first-order valence-corrected chi connectivity index (χ1v) is 5.85. The molecular formula is C14H19NO2. The first kappa shape index (κ1) is 13.5. The Morgan fingerprint density at radius 3 is 2.76 bits per heavy atom. The maximum atomic E-state index is 11.3. The largest absolute Gasteiger partial charge is 0.465 e. The fraction of sp³-hybridized carbons (Fsp3) is 0.357. The van der Waals surface area contributed by atoms with E-state index in [2.05, 4.69) is 5.32 Å². The Labute approximate surface area is 102 Å². The molecule has 1 aromatic rings. The Balaban J connectivity index is 2.28. The minimum atomic E-state index is -0.268. The molecule has 0 saturated heterocycles. The molecule has 0 aliphatic carbocycles. The van der Waals surface area contributed by atoms with Gasteiger partial charge in [0.15, 0.2) is 0 Å². The number of rotatable bonds is 6. The van der Waals surface area contributed by atoms with Gasteiger partial charge < -0.3 is 10.1 Å². The van der Waals surface area contributed by atoms with Crippen molar-refractivity contribution in [2.24, 2.45) is 0 Å². The summed E-state index contributed by atoms with van der Waals surface area (Å²) in [5.41, 5.74) is 1.15. The lowest BCUT2D eigenvalue weighted by Crippen LogP contribution is -2.35. The summed E-state index contributed by atoms with van der Waals surface area (Å²) >= 11 is 0. The SMILES string of the molecule is CCOC(=O)C(C)NCC=Cc1ccccc1. The van der Waals surface area contributed by atoms with Crippen LogP contribution in [0.3, 0.4) is 0 Å². The van der Waals surface area contributed by atoms with Gasteiger partial charge in [-0.1, -0.05) is 42.5 Å². The van der Waals surface area contributed by atoms with E-state index in [9.17, 15) is 4.79 Å². The van der Waals surface area contributed by atoms with E-state index >= 15 is 0 Å². The zero-order valence-corrected chi connectivity index (χ0v) is 10.3. The van der Waals surface area contributed by atoms with Crippen molar-refractivity contribution in [3.05, 3.63) is 42.0 Å². The van der Waals surface area contributed by atoms with Crippen LogP contribution in [0.15, 0.2) is 36.4 Å². The number of hydrogen-bond acceptors (Lipinski definition) is 3. The number of carbonyl (C=O) groups is 1. The van der Waals surface area contributed by atoms with Gasteiger partial charge in [-0.3, -0.25) is 4.79 Å². The summed E-state index contributed by atoms with van der Waals surface area (Å²) in [6.07, 6.45) is 4.01. The summed E-state index contributed by atoms with van der Waals surface area (Å²) in [5, 5.41) is 3.08. The minimum absolute atomic E-state index is 0.208. The Bertz CT molecular complexity index is 360. The van der Waals surface area contributed by atoms with Crippen molar-refractivity contribution >= 4 is 12.0 Å². The number of ether oxygens (including phenoxy) is 1. The van der Waals surface area contributed by atoms with Crippen molar-refractivity contribution in [3.63, 3.8) is 0 Å². The van der Waals surface area contributed by atoms with Gasteiger partial charge in [0.2, 0.25) is 0 Å². The van der Waals surface area contributed by atoms with Crippen LogP contribution in [0.25, 0.3) is 6.08 Å². The molecule has 0 heterocycles. The number of esters is 1. The predicted octanol–water partition coefficient (Wildman–Crippen LogP) is 2.24. The normalized spacial score (nSPS) is 12.6. The van der Waals surface area contributed by atoms with Crippen LogP contribution in [-0.4, -0.2) is 25.2 Å². The molecule has 0 fully saturated rings. The highest BCUT2D eigenvalue weighted by molar-refractivity contribution is 5.75. The fourth-order valence-electron chi connectivity index (χ4n) is 1.35. The predicted molar refractivity (Wildman–Crippen MR) is 69.6 cm³/mol. The molecule has 0 radical (unpaired) electrons. The lowest BCUT2D eigenvalue weighted by molar-refractivity contribution is -0.145. The van der Waals surface area contributed by atoms with Gasteiger partial charge in [0.05, 0.1) is 6.61 Å². The first-order chi connectivity index (χ1) is 8.24. The highest BCUT2D eigenvalue weighted by Crippen LogP contribution is 2.00. The van der Waals surface area contributed by atoms with E-state index in [1.54, 1.807) is 13.8 Å². The Morgan fingerprint density at radius 1 is 1.41 bits per heavy atom. The van der Waals surface area contributed by atoms with Crippen LogP contribution in [0, 0.1) is 0 Å². The van der Waals surface area contributed by atoms with Crippen molar-refractivity contribution in [2.75, 3.05) is 13.2 Å². The van der Waals surface area contributed by atoms with Crippen molar-refractivity contribution in [3.8, 4) is 0 Å². The van der Waals surface area contributed by atoms with E-state index in [-0.39, 0.29) is 12.0 Å². The van der Waals surface area contributed by atoms with Crippen LogP contribution in [0.1, 0.15) is 19.4 Å². The molecule has 1 atom stereocenters. The standard InChI is InChI=1S/C14H19NO2/c1-3-17-14(16)12(2)15-11-7-10-13-8-5-4-6-9-13/h4-10,12,15H,3,11H2,1-2H3. The monoisotopic (exact) mass is 233 g/mol. The topological polar surface area (TPSA) is 38.3 Å². The average Bonchev–Trinajstić information content (AvgIpc) is 2.36. The number of nitrogens with one attached hydrogen (secondary N) is 1. The van der Waals surface area contributed by atoms with Crippen LogP contribution in [0.2, 0.25) is 0 Å². The molecule has 0 saturated carbocycles. The second-order valence-corrected chi connectivity index (χ2v) is 3.70. The van der Waals surface area contributed by atoms with E-state index < -0.39 is 0 Å². The van der Waals surface area contributed by atoms with E-state index in [0.29, 0.717) is 13.2 Å². The van der Waals surface area contributed by atoms with Gasteiger partial charge in [-0.25, -0.2) is 0 Å². The first-order valence-electron chi connectivity index (χ1n) is 5.85. The van der Waals surface area contributed by atoms with Crippen molar-refractivity contribution in [1.29, 1.82) is 0 Å². The van der Waals surface area contributed by atoms with Crippen molar-refractivity contribution in [2.45, 2.75) is 19.9 Å². The Kier molecular flexibility index (Phi) is 6.04. The Morgan fingerprint density at radius 2 is 2.12 bits per heavy atom. The van der Waals surface area contributed by atoms with Gasteiger partial charge in [-0.2, -0.15) is 0 Å². The molecule has 1 aromatic carbocycles. The molecule has 0 spiro atoms. The third kappa shape index (κ3) is 5.31. The lowest BCUT2D eigenvalue weighted by atomic mass is 10.2. The summed E-state index contributed by atoms with van der Waals surface area (Å²) in [6, 6.07) is 9.77. The van der Waals surface area contributed by atoms with Gasteiger partial charge in [-0.15, -0.1) is 0 Å². The highest BCUT2D eigenvalue weighted by atomic mass is 16.5. The number of carbonyl (C=O) groups excluding carboxylic acids is 1. The second kappa shape index (κ2) is 7.63. The van der Waals surface area contributed by atoms with Gasteiger partial charge in [0, 0.05) is 6.54 Å². The van der Waals surface area contributed by atoms with Crippen LogP contribution in [0.4, 0.5) is 0 Å². The third-order valence-corrected chi connectivity index (χ3v) is 2.29. The van der Waals surface area contributed by atoms with E-state index in [4.69, 9.17) is 4.74 Å². The van der Waals surface area contributed by atoms with Crippen LogP contribution in [0.5, 0.6) is 0 Å². The van der Waals surface area contributed by atoms with Crippen LogP contribution in [-0.2, 0) is 9.53 Å². The van der Waals surface area contributed by atoms with Gasteiger partial charge in [-0.05, 0) is 19.4 Å². The zero-order valence-electron chi connectivity index (χ0n) is 10.3. The average molecular weight is 233 g/mol. The van der Waals surface area contributed by atoms with Gasteiger partial charge in [0.1, 0.15) is 6.04 Å². The lowest BCUT2D eigenvalue weighted by Gasteiger charge is -2.10. The number of benzene rings is 1. The quantitative estimate of drug-likeness (QED) is 0.766. The summed E-state index contributed by atoms with van der Waals surface area (Å²) in [7, 11) is 0. The molecule has 92 valence electrons. The molecule has 3 heteroatoms. The summed E-state index contributed by atoms with van der Waals surface area (Å²) in [5.74, 6) is -0.208. The van der Waals surface area contributed by atoms with Crippen LogP contribution < -0.4 is 5.32 Å². The smallest absolute Gasteiger partial charge is 0.322 e. The third-order valence-electron chi connectivity index (χ3n) is 2.29. The summed E-state index contributed by atoms with van der Waals surface area (Å²) in [6.45, 7) is 4.67. The van der Waals surface area contributed by atoms with E-state index in [1.807, 2.05) is 42.5 Å². The van der Waals surface area contributed by atoms with E-state index in [1.165, 1.54) is 0 Å². The molecular weight excluding hydrogens is 214 g/mol. The Hall–Kier alpha value is -1.61. The van der Waals surface area contributed by atoms with Crippen molar-refractivity contribution in [1.82, 2.24) is 5.32 Å². The molecule has 0 aliphatic rings. The summed E-state index contributed by atoms with van der Waals surface area (Å²) < 4.78 is 4.89. The molecule has 0 amide bonds. The molecule has 0 bridgehead atoms. The molecule has 1 unspecified atom stereocenters. The minimum Gasteiger partial charge on any atom is -0.465 e. The summed E-state index contributed by atoms with van der Waals surface area (Å²) in [4.78, 5) is 11.3. The van der Waals surface area contributed by atoms with Crippen molar-refractivity contribution < 1.29 is 9.53 Å². The maximum Gasteiger partial charge on any atom is 0.322 e. The van der Waals surface area contributed by atoms with Gasteiger partial charge in [0.25, 0.3) is 0 Å². The van der Waals surface area contributed by atoms with E-state index in [0.717, 1.165) is 5.56 Å². The molecule has 17 heavy (non-hydrogen) atoms. The second-order valence-electron chi connectivity index (χ2n) is 3.70. The zero-order chi connectivity index (χ0) is 12.5. The number of hydrogen-bond donors (Lipinski definition) is 1. The molecule has 3 nitrogen and oxygen atoms in total. The molecule has 0 aromatic heterocycles. The van der Waals surface area contributed by atoms with Gasteiger partial charge >= 0.3 is 5.97 Å². The molecule has 1 N–H and O–H groups in total. The highest BCUT2D eigenvalue weighted by Gasteiger charge is 2.11. The fourth-order valence-corrected chi connectivity index (χ4v) is 1.35. The molecule has 0 aliphatic heterocycles. The maximum absolute atomic E-state index is 11.3.